The van der Waals surface area contributed by atoms with Gasteiger partial charge in [-0.2, -0.15) is 0 Å². The number of aromatic amines is 1. The highest BCUT2D eigenvalue weighted by Gasteiger charge is 2.55. The van der Waals surface area contributed by atoms with Gasteiger partial charge in [-0.05, 0) is 37.7 Å². The maximum atomic E-state index is 13.0. The second-order valence-electron chi connectivity index (χ2n) is 8.16. The number of carbonyl (C=O) groups is 4. The normalized spacial score (nSPS) is 27.5. The number of ketones is 1. The van der Waals surface area contributed by atoms with Crippen molar-refractivity contribution in [3.8, 4) is 0 Å². The topological polar surface area (TPSA) is 103 Å². The van der Waals surface area contributed by atoms with Crippen LogP contribution in [0.3, 0.4) is 0 Å². The molecule has 0 unspecified atom stereocenters. The van der Waals surface area contributed by atoms with Gasteiger partial charge in [-0.15, -0.1) is 0 Å². The molecule has 1 aromatic heterocycles. The Balaban J connectivity index is 1.46. The van der Waals surface area contributed by atoms with Crippen molar-refractivity contribution in [3.63, 3.8) is 0 Å². The number of Topliss-reactive ketones (excluding diaryl/α,β-unsaturated/α-hetero) is 1. The summed E-state index contributed by atoms with van der Waals surface area (Å²) in [5, 5.41) is 2.85. The lowest BCUT2D eigenvalue weighted by Crippen LogP contribution is -2.54. The van der Waals surface area contributed by atoms with E-state index in [1.54, 1.807) is 4.90 Å². The highest BCUT2D eigenvalue weighted by Crippen LogP contribution is 2.38. The molecule has 1 aliphatic carbocycles. The van der Waals surface area contributed by atoms with Crippen LogP contribution in [0.2, 0.25) is 0 Å². The molecule has 1 aromatic rings. The lowest BCUT2D eigenvalue weighted by atomic mass is 9.73. The molecule has 28 heavy (non-hydrogen) atoms. The zero-order chi connectivity index (χ0) is 19.9. The summed E-state index contributed by atoms with van der Waals surface area (Å²) in [5.41, 5.74) is -0.203. The van der Waals surface area contributed by atoms with Crippen LogP contribution in [0.25, 0.3) is 0 Å². The number of hydrogen-bond donors (Lipinski definition) is 2. The molecule has 150 valence electrons. The Labute approximate surface area is 163 Å². The number of imide groups is 1. The van der Waals surface area contributed by atoms with Crippen LogP contribution < -0.4 is 5.32 Å². The SMILES string of the molecule is C[C@H]1CCCC[C@]12NC(=O)N(CC(=O)c1c[nH]c(C(=O)N3CCCC3)c1)C2=O. The van der Waals surface area contributed by atoms with Gasteiger partial charge in [0.05, 0.1) is 6.54 Å². The second-order valence-corrected chi connectivity index (χ2v) is 8.16. The number of rotatable bonds is 4. The summed E-state index contributed by atoms with van der Waals surface area (Å²) in [5.74, 6) is -0.737. The highest BCUT2D eigenvalue weighted by molar-refractivity contribution is 6.11. The number of carbonyl (C=O) groups excluding carboxylic acids is 4. The molecule has 8 heteroatoms. The number of nitrogens with one attached hydrogen (secondary N) is 2. The zero-order valence-corrected chi connectivity index (χ0v) is 16.1. The zero-order valence-electron chi connectivity index (χ0n) is 16.1. The molecule has 0 aromatic carbocycles. The first-order valence-corrected chi connectivity index (χ1v) is 10.1. The van der Waals surface area contributed by atoms with Crippen LogP contribution in [0, 0.1) is 5.92 Å². The summed E-state index contributed by atoms with van der Waals surface area (Å²) in [7, 11) is 0. The lowest BCUT2D eigenvalue weighted by molar-refractivity contribution is -0.133. The molecule has 3 aliphatic rings. The van der Waals surface area contributed by atoms with Crippen molar-refractivity contribution in [3.05, 3.63) is 23.5 Å². The molecule has 1 saturated carbocycles. The third-order valence-electron chi connectivity index (χ3n) is 6.43. The Kier molecular flexibility index (Phi) is 4.72. The molecule has 2 aliphatic heterocycles. The monoisotopic (exact) mass is 386 g/mol. The quantitative estimate of drug-likeness (QED) is 0.610. The Hall–Kier alpha value is -2.64. The predicted molar refractivity (Wildman–Crippen MR) is 101 cm³/mol. The number of H-pyrrole nitrogens is 1. The third kappa shape index (κ3) is 3.00. The summed E-state index contributed by atoms with van der Waals surface area (Å²) in [4.78, 5) is 56.2. The van der Waals surface area contributed by atoms with Gasteiger partial charge in [0.1, 0.15) is 11.2 Å². The van der Waals surface area contributed by atoms with Gasteiger partial charge < -0.3 is 15.2 Å². The van der Waals surface area contributed by atoms with Gasteiger partial charge in [-0.3, -0.25) is 19.3 Å². The number of urea groups is 1. The molecule has 3 fully saturated rings. The predicted octanol–water partition coefficient (Wildman–Crippen LogP) is 1.93. The largest absolute Gasteiger partial charge is 0.356 e. The van der Waals surface area contributed by atoms with Gasteiger partial charge in [-0.25, -0.2) is 4.79 Å². The first-order chi connectivity index (χ1) is 13.4. The highest BCUT2D eigenvalue weighted by atomic mass is 16.2. The molecule has 1 spiro atoms. The maximum Gasteiger partial charge on any atom is 0.325 e. The van der Waals surface area contributed by atoms with Gasteiger partial charge in [-0.1, -0.05) is 19.8 Å². The first kappa shape index (κ1) is 18.7. The van der Waals surface area contributed by atoms with Crippen molar-refractivity contribution in [2.75, 3.05) is 19.6 Å². The van der Waals surface area contributed by atoms with E-state index in [-0.39, 0.29) is 30.1 Å². The van der Waals surface area contributed by atoms with E-state index < -0.39 is 11.6 Å². The molecule has 0 bridgehead atoms. The molecule has 4 rings (SSSR count). The van der Waals surface area contributed by atoms with Crippen molar-refractivity contribution in [1.29, 1.82) is 0 Å². The van der Waals surface area contributed by atoms with Gasteiger partial charge in [0.2, 0.25) is 0 Å². The van der Waals surface area contributed by atoms with E-state index in [9.17, 15) is 19.2 Å². The molecular weight excluding hydrogens is 360 g/mol. The summed E-state index contributed by atoms with van der Waals surface area (Å²) in [6.07, 6.45) is 6.88. The first-order valence-electron chi connectivity index (χ1n) is 10.1. The number of amides is 4. The number of nitrogens with zero attached hydrogens (tertiary/aromatic N) is 2. The van der Waals surface area contributed by atoms with Gasteiger partial charge in [0, 0.05) is 24.8 Å². The van der Waals surface area contributed by atoms with Crippen LogP contribution in [-0.4, -0.2) is 63.6 Å². The van der Waals surface area contributed by atoms with Crippen LogP contribution in [0.1, 0.15) is 66.3 Å². The number of aromatic nitrogens is 1. The fourth-order valence-corrected chi connectivity index (χ4v) is 4.64. The Morgan fingerprint density at radius 2 is 1.93 bits per heavy atom. The molecule has 2 atom stereocenters. The van der Waals surface area contributed by atoms with Crippen LogP contribution >= 0.6 is 0 Å². The Bertz CT molecular complexity index is 826. The van der Waals surface area contributed by atoms with E-state index in [4.69, 9.17) is 0 Å². The summed E-state index contributed by atoms with van der Waals surface area (Å²) < 4.78 is 0. The van der Waals surface area contributed by atoms with Gasteiger partial charge in [0.25, 0.3) is 11.8 Å². The molecule has 8 nitrogen and oxygen atoms in total. The van der Waals surface area contributed by atoms with Crippen LogP contribution in [-0.2, 0) is 4.79 Å². The molecule has 3 heterocycles. The van der Waals surface area contributed by atoms with Gasteiger partial charge in [0.15, 0.2) is 5.78 Å². The summed E-state index contributed by atoms with van der Waals surface area (Å²) >= 11 is 0. The Morgan fingerprint density at radius 1 is 1.18 bits per heavy atom. The van der Waals surface area contributed by atoms with Crippen LogP contribution in [0.5, 0.6) is 0 Å². The number of likely N-dealkylation sites (tertiary alicyclic amines) is 1. The third-order valence-corrected chi connectivity index (χ3v) is 6.43. The average molecular weight is 386 g/mol. The Morgan fingerprint density at radius 3 is 2.64 bits per heavy atom. The molecular formula is C20H26N4O4. The number of hydrogen-bond acceptors (Lipinski definition) is 4. The summed E-state index contributed by atoms with van der Waals surface area (Å²) in [6.45, 7) is 3.12. The van der Waals surface area contributed by atoms with E-state index in [1.807, 2.05) is 6.92 Å². The fraction of sp³-hybridized carbons (Fsp3) is 0.600. The van der Waals surface area contributed by atoms with E-state index in [2.05, 4.69) is 10.3 Å². The molecule has 2 saturated heterocycles. The van der Waals surface area contributed by atoms with E-state index >= 15 is 0 Å². The van der Waals surface area contributed by atoms with Crippen molar-refractivity contribution in [2.45, 2.75) is 51.0 Å². The minimum Gasteiger partial charge on any atom is -0.356 e. The van der Waals surface area contributed by atoms with Crippen molar-refractivity contribution in [2.24, 2.45) is 5.92 Å². The maximum absolute atomic E-state index is 13.0. The average Bonchev–Trinajstić information content (AvgIpc) is 3.41. The van der Waals surface area contributed by atoms with Crippen LogP contribution in [0.4, 0.5) is 4.79 Å². The van der Waals surface area contributed by atoms with E-state index in [0.717, 1.165) is 50.1 Å². The van der Waals surface area contributed by atoms with E-state index in [1.165, 1.54) is 12.3 Å². The lowest BCUT2D eigenvalue weighted by Gasteiger charge is -2.36. The summed E-state index contributed by atoms with van der Waals surface area (Å²) in [6, 6.07) is 1.01. The van der Waals surface area contributed by atoms with Crippen LogP contribution in [0.15, 0.2) is 12.3 Å². The molecule has 4 amide bonds. The van der Waals surface area contributed by atoms with Gasteiger partial charge >= 0.3 is 6.03 Å². The van der Waals surface area contributed by atoms with Crippen molar-refractivity contribution in [1.82, 2.24) is 20.1 Å². The molecule has 0 radical (unpaired) electrons. The minimum atomic E-state index is -0.870. The van der Waals surface area contributed by atoms with Crippen molar-refractivity contribution < 1.29 is 19.2 Å². The smallest absolute Gasteiger partial charge is 0.325 e. The second kappa shape index (κ2) is 7.07. The van der Waals surface area contributed by atoms with E-state index in [0.29, 0.717) is 17.7 Å². The minimum absolute atomic E-state index is 0.0507. The molecule has 2 N–H and O–H groups in total. The fourth-order valence-electron chi connectivity index (χ4n) is 4.64. The van der Waals surface area contributed by atoms with Crippen molar-refractivity contribution >= 4 is 23.6 Å². The standard InChI is InChI=1S/C20H26N4O4/c1-13-6-2-3-7-20(13)18(27)24(19(28)22-20)12-16(25)14-10-15(21-11-14)17(26)23-8-4-5-9-23/h10-11,13,21H,2-9,12H2,1H3,(H,22,28)/t13-,20-/m0/s1.